The summed E-state index contributed by atoms with van der Waals surface area (Å²) >= 11 is 0. The fourth-order valence-corrected chi connectivity index (χ4v) is 4.63. The van der Waals surface area contributed by atoms with E-state index in [0.717, 1.165) is 0 Å². The van der Waals surface area contributed by atoms with Crippen LogP contribution in [0.2, 0.25) is 0 Å². The van der Waals surface area contributed by atoms with Crippen molar-refractivity contribution in [1.29, 1.82) is 0 Å². The molecule has 0 aliphatic carbocycles. The number of hydrogen-bond donors (Lipinski definition) is 0. The molecule has 2 atom stereocenters. The van der Waals surface area contributed by atoms with Crippen LogP contribution in [0.15, 0.2) is 0 Å². The van der Waals surface area contributed by atoms with Crippen LogP contribution in [-0.2, 0) is 4.74 Å². The third kappa shape index (κ3) is 3.06. The minimum absolute atomic E-state index is 0.0757. The maximum Gasteiger partial charge on any atom is 0.0814 e. The van der Waals surface area contributed by atoms with Gasteiger partial charge in [-0.1, -0.05) is 34.6 Å². The lowest BCUT2D eigenvalue weighted by Crippen LogP contribution is -2.57. The van der Waals surface area contributed by atoms with Crippen LogP contribution in [0.25, 0.3) is 0 Å². The summed E-state index contributed by atoms with van der Waals surface area (Å²) in [5.41, 5.74) is 0.782. The second-order valence-electron chi connectivity index (χ2n) is 9.95. The SMILES string of the molecule is CC1(C)CN2CCCC2(C(OC(C)(C)C)C(C)(C)C)C1. The fourth-order valence-electron chi connectivity index (χ4n) is 4.63. The van der Waals surface area contributed by atoms with E-state index in [1.807, 2.05) is 0 Å². The largest absolute Gasteiger partial charge is 0.370 e. The summed E-state index contributed by atoms with van der Waals surface area (Å²) in [6, 6.07) is 0. The molecule has 0 N–H and O–H groups in total. The van der Waals surface area contributed by atoms with Gasteiger partial charge in [-0.2, -0.15) is 0 Å². The van der Waals surface area contributed by atoms with Crippen LogP contribution >= 0.6 is 0 Å². The fraction of sp³-hybridized carbons (Fsp3) is 1.00. The molecule has 118 valence electrons. The van der Waals surface area contributed by atoms with Crippen molar-refractivity contribution in [1.82, 2.24) is 4.90 Å². The van der Waals surface area contributed by atoms with Crippen molar-refractivity contribution in [2.45, 2.75) is 91.9 Å². The number of ether oxygens (including phenoxy) is 1. The molecule has 0 aromatic carbocycles. The van der Waals surface area contributed by atoms with Crippen LogP contribution in [0.5, 0.6) is 0 Å². The average Bonchev–Trinajstić information content (AvgIpc) is 2.63. The van der Waals surface area contributed by atoms with Gasteiger partial charge in [0.25, 0.3) is 0 Å². The molecule has 2 unspecified atom stereocenters. The highest BCUT2D eigenvalue weighted by Gasteiger charge is 2.59. The predicted molar refractivity (Wildman–Crippen MR) is 86.0 cm³/mol. The standard InChI is InChI=1S/C18H35NO/c1-15(2,3)14(20-16(4,5)6)18-10-9-11-19(18)13-17(7,8)12-18/h14H,9-13H2,1-8H3. The molecule has 2 aliphatic rings. The van der Waals surface area contributed by atoms with Crippen molar-refractivity contribution < 1.29 is 4.74 Å². The normalized spacial score (nSPS) is 32.4. The first-order valence-electron chi connectivity index (χ1n) is 8.29. The molecule has 0 amide bonds. The summed E-state index contributed by atoms with van der Waals surface area (Å²) in [7, 11) is 0. The molecule has 2 heteroatoms. The Balaban J connectivity index is 2.36. The Kier molecular flexibility index (Phi) is 3.84. The minimum Gasteiger partial charge on any atom is -0.370 e. The van der Waals surface area contributed by atoms with E-state index in [0.29, 0.717) is 11.5 Å². The Morgan fingerprint density at radius 1 is 1.05 bits per heavy atom. The van der Waals surface area contributed by atoms with Crippen molar-refractivity contribution in [2.24, 2.45) is 10.8 Å². The molecule has 2 fully saturated rings. The van der Waals surface area contributed by atoms with Gasteiger partial charge >= 0.3 is 0 Å². The van der Waals surface area contributed by atoms with E-state index < -0.39 is 0 Å². The summed E-state index contributed by atoms with van der Waals surface area (Å²) in [5.74, 6) is 0. The van der Waals surface area contributed by atoms with E-state index in [2.05, 4.69) is 60.3 Å². The van der Waals surface area contributed by atoms with Crippen molar-refractivity contribution in [3.05, 3.63) is 0 Å². The molecule has 0 radical (unpaired) electrons. The average molecular weight is 281 g/mol. The smallest absolute Gasteiger partial charge is 0.0814 e. The lowest BCUT2D eigenvalue weighted by molar-refractivity contribution is -0.159. The van der Waals surface area contributed by atoms with E-state index in [4.69, 9.17) is 4.74 Å². The van der Waals surface area contributed by atoms with Crippen molar-refractivity contribution >= 4 is 0 Å². The first kappa shape index (κ1) is 16.3. The lowest BCUT2D eigenvalue weighted by Gasteiger charge is -2.49. The van der Waals surface area contributed by atoms with Crippen molar-refractivity contribution in [2.75, 3.05) is 13.1 Å². The van der Waals surface area contributed by atoms with Gasteiger partial charge in [0.05, 0.1) is 11.7 Å². The predicted octanol–water partition coefficient (Wildman–Crippen LogP) is 4.48. The molecule has 2 rings (SSSR count). The molecule has 0 bridgehead atoms. The van der Waals surface area contributed by atoms with Gasteiger partial charge in [-0.15, -0.1) is 0 Å². The zero-order valence-electron chi connectivity index (χ0n) is 15.0. The van der Waals surface area contributed by atoms with Gasteiger partial charge in [-0.25, -0.2) is 0 Å². The molecular formula is C18H35NO. The van der Waals surface area contributed by atoms with Crippen LogP contribution in [0.3, 0.4) is 0 Å². The molecule has 20 heavy (non-hydrogen) atoms. The van der Waals surface area contributed by atoms with Gasteiger partial charge < -0.3 is 4.74 Å². The van der Waals surface area contributed by atoms with E-state index in [1.54, 1.807) is 0 Å². The van der Waals surface area contributed by atoms with E-state index in [9.17, 15) is 0 Å². The Labute approximate surface area is 126 Å². The minimum atomic E-state index is -0.0757. The van der Waals surface area contributed by atoms with Gasteiger partial charge in [0.2, 0.25) is 0 Å². The summed E-state index contributed by atoms with van der Waals surface area (Å²) < 4.78 is 6.64. The highest BCUT2D eigenvalue weighted by molar-refractivity contribution is 5.13. The Hall–Kier alpha value is -0.0800. The van der Waals surface area contributed by atoms with Crippen molar-refractivity contribution in [3.8, 4) is 0 Å². The lowest BCUT2D eigenvalue weighted by atomic mass is 9.70. The number of fused-ring (bicyclic) bond motifs is 1. The summed E-state index contributed by atoms with van der Waals surface area (Å²) in [5, 5.41) is 0. The van der Waals surface area contributed by atoms with Crippen LogP contribution in [0.1, 0.15) is 74.7 Å². The quantitative estimate of drug-likeness (QED) is 0.740. The summed E-state index contributed by atoms with van der Waals surface area (Å²) in [6.45, 7) is 21.0. The van der Waals surface area contributed by atoms with E-state index in [1.165, 1.54) is 32.4 Å². The maximum atomic E-state index is 6.64. The molecule has 2 heterocycles. The van der Waals surface area contributed by atoms with Gasteiger partial charge in [-0.05, 0) is 57.4 Å². The van der Waals surface area contributed by atoms with E-state index >= 15 is 0 Å². The van der Waals surface area contributed by atoms with Crippen LogP contribution in [0.4, 0.5) is 0 Å². The molecule has 0 aromatic heterocycles. The Morgan fingerprint density at radius 2 is 1.65 bits per heavy atom. The Morgan fingerprint density at radius 3 is 2.15 bits per heavy atom. The zero-order chi connectivity index (χ0) is 15.4. The first-order valence-corrected chi connectivity index (χ1v) is 8.29. The van der Waals surface area contributed by atoms with Crippen molar-refractivity contribution in [3.63, 3.8) is 0 Å². The van der Waals surface area contributed by atoms with E-state index in [-0.39, 0.29) is 16.6 Å². The van der Waals surface area contributed by atoms with Gasteiger partial charge in [-0.3, -0.25) is 4.90 Å². The molecule has 2 nitrogen and oxygen atoms in total. The number of rotatable bonds is 2. The van der Waals surface area contributed by atoms with Gasteiger partial charge in [0, 0.05) is 12.1 Å². The molecule has 2 aliphatic heterocycles. The number of hydrogen-bond acceptors (Lipinski definition) is 2. The highest BCUT2D eigenvalue weighted by atomic mass is 16.5. The van der Waals surface area contributed by atoms with Gasteiger partial charge in [0.15, 0.2) is 0 Å². The first-order chi connectivity index (χ1) is 8.86. The maximum absolute atomic E-state index is 6.64. The summed E-state index contributed by atoms with van der Waals surface area (Å²) in [4.78, 5) is 2.74. The molecule has 2 saturated heterocycles. The van der Waals surface area contributed by atoms with Crippen LogP contribution in [0, 0.1) is 10.8 Å². The van der Waals surface area contributed by atoms with Gasteiger partial charge in [0.1, 0.15) is 0 Å². The summed E-state index contributed by atoms with van der Waals surface area (Å²) in [6.07, 6.45) is 4.21. The van der Waals surface area contributed by atoms with Crippen LogP contribution in [-0.4, -0.2) is 35.2 Å². The molecule has 0 spiro atoms. The third-order valence-electron chi connectivity index (χ3n) is 4.82. The number of nitrogens with zero attached hydrogens (tertiary/aromatic N) is 1. The monoisotopic (exact) mass is 281 g/mol. The second kappa shape index (κ2) is 4.71. The third-order valence-corrected chi connectivity index (χ3v) is 4.82. The Bertz CT molecular complexity index is 361. The molecular weight excluding hydrogens is 246 g/mol. The van der Waals surface area contributed by atoms with Crippen LogP contribution < -0.4 is 0 Å². The highest BCUT2D eigenvalue weighted by Crippen LogP contribution is 2.53. The zero-order valence-corrected chi connectivity index (χ0v) is 15.0. The second-order valence-corrected chi connectivity index (χ2v) is 9.95. The molecule has 0 aromatic rings. The topological polar surface area (TPSA) is 12.5 Å². The molecule has 0 saturated carbocycles.